The van der Waals surface area contributed by atoms with Crippen molar-refractivity contribution in [1.29, 1.82) is 0 Å². The highest BCUT2D eigenvalue weighted by molar-refractivity contribution is 9.10. The Morgan fingerprint density at radius 3 is 2.62 bits per heavy atom. The third-order valence-electron chi connectivity index (χ3n) is 2.33. The van der Waals surface area contributed by atoms with Crippen molar-refractivity contribution >= 4 is 27.5 Å². The fourth-order valence-corrected chi connectivity index (χ4v) is 1.58. The summed E-state index contributed by atoms with van der Waals surface area (Å²) in [6.45, 7) is 5.66. The zero-order valence-corrected chi connectivity index (χ0v) is 11.2. The van der Waals surface area contributed by atoms with Gasteiger partial charge < -0.3 is 11.1 Å². The predicted molar refractivity (Wildman–Crippen MR) is 68.1 cm³/mol. The minimum atomic E-state index is -0.497. The molecule has 0 radical (unpaired) electrons. The lowest BCUT2D eigenvalue weighted by molar-refractivity contribution is -0.118. The van der Waals surface area contributed by atoms with Gasteiger partial charge in [-0.15, -0.1) is 0 Å². The van der Waals surface area contributed by atoms with E-state index in [2.05, 4.69) is 26.2 Å². The zero-order valence-electron chi connectivity index (χ0n) is 9.62. The second-order valence-corrected chi connectivity index (χ2v) is 4.84. The first-order chi connectivity index (χ1) is 7.41. The fraction of sp³-hybridized carbons (Fsp3) is 0.455. The molecule has 1 amide bonds. The molecular formula is C11H16BrN3O. The van der Waals surface area contributed by atoms with E-state index in [1.807, 2.05) is 20.8 Å². The molecule has 0 aliphatic heterocycles. The number of hydrogen-bond acceptors (Lipinski definition) is 3. The van der Waals surface area contributed by atoms with Crippen LogP contribution in [0.25, 0.3) is 0 Å². The Morgan fingerprint density at radius 2 is 2.12 bits per heavy atom. The van der Waals surface area contributed by atoms with Gasteiger partial charge in [0.15, 0.2) is 0 Å². The smallest absolute Gasteiger partial charge is 0.241 e. The van der Waals surface area contributed by atoms with Crippen LogP contribution in [-0.2, 0) is 4.79 Å². The molecule has 5 heteroatoms. The summed E-state index contributed by atoms with van der Waals surface area (Å²) < 4.78 is 0.746. The number of carbonyl (C=O) groups excluding carboxylic acids is 1. The van der Waals surface area contributed by atoms with Gasteiger partial charge in [0.25, 0.3) is 0 Å². The maximum Gasteiger partial charge on any atom is 0.241 e. The lowest BCUT2D eigenvalue weighted by Gasteiger charge is -2.16. The number of aryl methyl sites for hydroxylation is 1. The SMILES string of the molecule is Cc1nc(Br)ccc1NC(=O)[C@H](N)C(C)C. The quantitative estimate of drug-likeness (QED) is 0.836. The maximum atomic E-state index is 11.7. The molecule has 16 heavy (non-hydrogen) atoms. The normalized spacial score (nSPS) is 12.6. The molecule has 0 spiro atoms. The number of nitrogens with one attached hydrogen (secondary N) is 1. The van der Waals surface area contributed by atoms with Crippen LogP contribution in [0.2, 0.25) is 0 Å². The number of nitrogens with zero attached hydrogens (tertiary/aromatic N) is 1. The van der Waals surface area contributed by atoms with E-state index in [9.17, 15) is 4.79 Å². The van der Waals surface area contributed by atoms with Crippen LogP contribution in [0.3, 0.4) is 0 Å². The topological polar surface area (TPSA) is 68.0 Å². The average Bonchev–Trinajstić information content (AvgIpc) is 2.20. The molecule has 0 bridgehead atoms. The van der Waals surface area contributed by atoms with E-state index in [4.69, 9.17) is 5.73 Å². The van der Waals surface area contributed by atoms with Crippen LogP contribution in [-0.4, -0.2) is 16.9 Å². The molecule has 0 aliphatic rings. The predicted octanol–water partition coefficient (Wildman–Crippen LogP) is 2.07. The molecule has 4 nitrogen and oxygen atoms in total. The molecular weight excluding hydrogens is 270 g/mol. The third kappa shape index (κ3) is 3.28. The highest BCUT2D eigenvalue weighted by Crippen LogP contribution is 2.16. The number of aromatic nitrogens is 1. The van der Waals surface area contributed by atoms with Gasteiger partial charge in [0.2, 0.25) is 5.91 Å². The van der Waals surface area contributed by atoms with Crippen LogP contribution in [0.15, 0.2) is 16.7 Å². The Morgan fingerprint density at radius 1 is 1.50 bits per heavy atom. The van der Waals surface area contributed by atoms with Gasteiger partial charge in [0.05, 0.1) is 17.4 Å². The number of rotatable bonds is 3. The van der Waals surface area contributed by atoms with E-state index in [0.717, 1.165) is 10.3 Å². The van der Waals surface area contributed by atoms with Crippen molar-refractivity contribution in [2.45, 2.75) is 26.8 Å². The van der Waals surface area contributed by atoms with Crippen LogP contribution in [0.5, 0.6) is 0 Å². The summed E-state index contributed by atoms with van der Waals surface area (Å²) in [4.78, 5) is 15.9. The summed E-state index contributed by atoms with van der Waals surface area (Å²) in [5, 5.41) is 2.77. The Balaban J connectivity index is 2.77. The molecule has 0 fully saturated rings. The molecule has 1 rings (SSSR count). The van der Waals surface area contributed by atoms with E-state index >= 15 is 0 Å². The molecule has 0 unspecified atom stereocenters. The molecule has 88 valence electrons. The lowest BCUT2D eigenvalue weighted by atomic mass is 10.0. The minimum absolute atomic E-state index is 0.115. The van der Waals surface area contributed by atoms with Crippen LogP contribution >= 0.6 is 15.9 Å². The van der Waals surface area contributed by atoms with E-state index in [0.29, 0.717) is 5.69 Å². The maximum absolute atomic E-state index is 11.7. The first kappa shape index (κ1) is 13.1. The second kappa shape index (κ2) is 5.41. The monoisotopic (exact) mass is 285 g/mol. The summed E-state index contributed by atoms with van der Waals surface area (Å²) in [7, 11) is 0. The first-order valence-electron chi connectivity index (χ1n) is 5.11. The number of nitrogens with two attached hydrogens (primary N) is 1. The number of carbonyl (C=O) groups is 1. The lowest BCUT2D eigenvalue weighted by Crippen LogP contribution is -2.39. The average molecular weight is 286 g/mol. The Kier molecular flexibility index (Phi) is 4.44. The second-order valence-electron chi connectivity index (χ2n) is 4.03. The number of anilines is 1. The van der Waals surface area contributed by atoms with Gasteiger partial charge in [-0.05, 0) is 40.9 Å². The van der Waals surface area contributed by atoms with Crippen LogP contribution in [0.1, 0.15) is 19.5 Å². The van der Waals surface area contributed by atoms with Crippen molar-refractivity contribution in [2.75, 3.05) is 5.32 Å². The highest BCUT2D eigenvalue weighted by Gasteiger charge is 2.17. The number of amides is 1. The first-order valence-corrected chi connectivity index (χ1v) is 5.90. The Labute approximate surface area is 104 Å². The standard InChI is InChI=1S/C11H16BrN3O/c1-6(2)10(13)11(16)15-8-4-5-9(12)14-7(8)3/h4-6,10H,13H2,1-3H3,(H,15,16)/t10-/m1/s1. The van der Waals surface area contributed by atoms with Crippen molar-refractivity contribution < 1.29 is 4.79 Å². The summed E-state index contributed by atoms with van der Waals surface area (Å²) >= 11 is 3.27. The summed E-state index contributed by atoms with van der Waals surface area (Å²) in [5.74, 6) is -0.0639. The Hall–Kier alpha value is -0.940. The van der Waals surface area contributed by atoms with Gasteiger partial charge in [-0.25, -0.2) is 4.98 Å². The van der Waals surface area contributed by atoms with Gasteiger partial charge in [-0.2, -0.15) is 0 Å². The van der Waals surface area contributed by atoms with Gasteiger partial charge in [-0.3, -0.25) is 4.79 Å². The van der Waals surface area contributed by atoms with E-state index in [1.165, 1.54) is 0 Å². The summed E-state index contributed by atoms with van der Waals surface area (Å²) in [6, 6.07) is 3.09. The third-order valence-corrected chi connectivity index (χ3v) is 2.77. The molecule has 1 aromatic rings. The van der Waals surface area contributed by atoms with Crippen LogP contribution < -0.4 is 11.1 Å². The molecule has 0 saturated carbocycles. The van der Waals surface area contributed by atoms with E-state index < -0.39 is 6.04 Å². The highest BCUT2D eigenvalue weighted by atomic mass is 79.9. The van der Waals surface area contributed by atoms with Crippen LogP contribution in [0.4, 0.5) is 5.69 Å². The molecule has 1 heterocycles. The van der Waals surface area contributed by atoms with Crippen molar-refractivity contribution in [3.05, 3.63) is 22.4 Å². The fourth-order valence-electron chi connectivity index (χ4n) is 1.18. The number of pyridine rings is 1. The van der Waals surface area contributed by atoms with Gasteiger partial charge in [0.1, 0.15) is 4.60 Å². The minimum Gasteiger partial charge on any atom is -0.323 e. The van der Waals surface area contributed by atoms with Crippen molar-refractivity contribution in [2.24, 2.45) is 11.7 Å². The zero-order chi connectivity index (χ0) is 12.3. The van der Waals surface area contributed by atoms with Gasteiger partial charge >= 0.3 is 0 Å². The van der Waals surface area contributed by atoms with E-state index in [1.54, 1.807) is 12.1 Å². The Bertz CT molecular complexity index is 393. The number of halogens is 1. The van der Waals surface area contributed by atoms with Crippen molar-refractivity contribution in [3.63, 3.8) is 0 Å². The van der Waals surface area contributed by atoms with Gasteiger partial charge in [-0.1, -0.05) is 13.8 Å². The number of hydrogen-bond donors (Lipinski definition) is 2. The van der Waals surface area contributed by atoms with E-state index in [-0.39, 0.29) is 11.8 Å². The largest absolute Gasteiger partial charge is 0.323 e. The molecule has 3 N–H and O–H groups in total. The summed E-state index contributed by atoms with van der Waals surface area (Å²) in [5.41, 5.74) is 7.21. The molecule has 1 aromatic heterocycles. The van der Waals surface area contributed by atoms with Crippen molar-refractivity contribution in [1.82, 2.24) is 4.98 Å². The van der Waals surface area contributed by atoms with Gasteiger partial charge in [0, 0.05) is 0 Å². The van der Waals surface area contributed by atoms with Crippen LogP contribution in [0, 0.1) is 12.8 Å². The van der Waals surface area contributed by atoms with Crippen molar-refractivity contribution in [3.8, 4) is 0 Å². The molecule has 0 aliphatic carbocycles. The molecule has 0 saturated heterocycles. The molecule has 1 atom stereocenters. The summed E-state index contributed by atoms with van der Waals surface area (Å²) in [6.07, 6.45) is 0. The molecule has 0 aromatic carbocycles.